The van der Waals surface area contributed by atoms with E-state index >= 15 is 0 Å². The molecule has 18 heavy (non-hydrogen) atoms. The summed E-state index contributed by atoms with van der Waals surface area (Å²) >= 11 is 0. The van der Waals surface area contributed by atoms with E-state index in [1.165, 1.54) is 25.7 Å². The van der Waals surface area contributed by atoms with E-state index in [0.29, 0.717) is 12.4 Å². The fourth-order valence-corrected chi connectivity index (χ4v) is 2.11. The van der Waals surface area contributed by atoms with Crippen molar-refractivity contribution in [2.24, 2.45) is 0 Å². The lowest BCUT2D eigenvalue weighted by atomic mass is 10.1. The highest BCUT2D eigenvalue weighted by atomic mass is 16.5. The van der Waals surface area contributed by atoms with Crippen molar-refractivity contribution in [3.63, 3.8) is 0 Å². The summed E-state index contributed by atoms with van der Waals surface area (Å²) in [5.74, 6) is 1.43. The average molecular weight is 253 g/mol. The van der Waals surface area contributed by atoms with Crippen LogP contribution in [0.2, 0.25) is 0 Å². The summed E-state index contributed by atoms with van der Waals surface area (Å²) in [6.45, 7) is 4.61. The van der Waals surface area contributed by atoms with Gasteiger partial charge in [0.2, 0.25) is 11.7 Å². The van der Waals surface area contributed by atoms with Gasteiger partial charge in [-0.15, -0.1) is 0 Å². The minimum atomic E-state index is -0.0451. The van der Waals surface area contributed by atoms with Gasteiger partial charge in [-0.25, -0.2) is 0 Å². The second-order valence-electron chi connectivity index (χ2n) is 4.77. The normalized spacial score (nSPS) is 20.2. The molecule has 0 aromatic carbocycles. The second kappa shape index (κ2) is 7.48. The Morgan fingerprint density at radius 1 is 1.28 bits per heavy atom. The van der Waals surface area contributed by atoms with E-state index in [1.54, 1.807) is 0 Å². The molecule has 5 nitrogen and oxygen atoms in total. The number of unbranched alkanes of at least 4 members (excludes halogenated alkanes) is 4. The van der Waals surface area contributed by atoms with Crippen LogP contribution in [-0.2, 0) is 11.2 Å². The van der Waals surface area contributed by atoms with E-state index in [9.17, 15) is 0 Å². The fourth-order valence-electron chi connectivity index (χ4n) is 2.11. The highest BCUT2D eigenvalue weighted by Crippen LogP contribution is 2.16. The summed E-state index contributed by atoms with van der Waals surface area (Å²) in [7, 11) is 0. The number of hydrogen-bond acceptors (Lipinski definition) is 5. The maximum Gasteiger partial charge on any atom is 0.226 e. The van der Waals surface area contributed by atoms with Crippen LogP contribution in [0.15, 0.2) is 4.52 Å². The van der Waals surface area contributed by atoms with Crippen LogP contribution in [0.1, 0.15) is 56.8 Å². The summed E-state index contributed by atoms with van der Waals surface area (Å²) in [5, 5.41) is 7.27. The first kappa shape index (κ1) is 13.5. The summed E-state index contributed by atoms with van der Waals surface area (Å²) in [6, 6.07) is 0. The Kier molecular flexibility index (Phi) is 5.61. The Hall–Kier alpha value is -0.940. The zero-order chi connectivity index (χ0) is 12.6. The van der Waals surface area contributed by atoms with Crippen LogP contribution in [0, 0.1) is 0 Å². The molecule has 1 N–H and O–H groups in total. The van der Waals surface area contributed by atoms with Crippen molar-refractivity contribution < 1.29 is 9.26 Å². The molecule has 0 amide bonds. The maximum atomic E-state index is 5.59. The van der Waals surface area contributed by atoms with E-state index in [2.05, 4.69) is 22.4 Å². The van der Waals surface area contributed by atoms with Crippen molar-refractivity contribution in [1.29, 1.82) is 0 Å². The van der Waals surface area contributed by atoms with Gasteiger partial charge in [-0.1, -0.05) is 37.8 Å². The van der Waals surface area contributed by atoms with Crippen molar-refractivity contribution in [1.82, 2.24) is 15.5 Å². The van der Waals surface area contributed by atoms with E-state index < -0.39 is 0 Å². The molecule has 1 aliphatic heterocycles. The standard InChI is InChI=1S/C13H23N3O2/c1-2-3-4-5-6-7-12-15-13(16-18-12)11-10-14-8-9-17-11/h11,14H,2-10H2,1H3. The number of ether oxygens (including phenoxy) is 1. The molecule has 2 heterocycles. The molecule has 5 heteroatoms. The number of morpholine rings is 1. The Bertz CT molecular complexity index is 335. The molecule has 0 bridgehead atoms. The van der Waals surface area contributed by atoms with Crippen LogP contribution < -0.4 is 5.32 Å². The Morgan fingerprint density at radius 2 is 2.17 bits per heavy atom. The second-order valence-corrected chi connectivity index (χ2v) is 4.77. The van der Waals surface area contributed by atoms with Gasteiger partial charge in [0.1, 0.15) is 6.10 Å². The molecular formula is C13H23N3O2. The van der Waals surface area contributed by atoms with Crippen LogP contribution in [0.4, 0.5) is 0 Å². The molecule has 1 aromatic heterocycles. The van der Waals surface area contributed by atoms with Gasteiger partial charge < -0.3 is 14.6 Å². The summed E-state index contributed by atoms with van der Waals surface area (Å²) in [4.78, 5) is 4.41. The van der Waals surface area contributed by atoms with Gasteiger partial charge >= 0.3 is 0 Å². The molecule has 1 unspecified atom stereocenters. The summed E-state index contributed by atoms with van der Waals surface area (Å²) in [5.41, 5.74) is 0. The number of nitrogens with zero attached hydrogens (tertiary/aromatic N) is 2. The Morgan fingerprint density at radius 3 is 2.94 bits per heavy atom. The number of aromatic nitrogens is 2. The Labute approximate surface area is 108 Å². The topological polar surface area (TPSA) is 60.2 Å². The molecule has 1 aromatic rings. The molecule has 102 valence electrons. The predicted molar refractivity (Wildman–Crippen MR) is 68.3 cm³/mol. The zero-order valence-corrected chi connectivity index (χ0v) is 11.2. The third-order valence-corrected chi connectivity index (χ3v) is 3.19. The largest absolute Gasteiger partial charge is 0.367 e. The van der Waals surface area contributed by atoms with Crippen LogP contribution in [0.3, 0.4) is 0 Å². The van der Waals surface area contributed by atoms with Gasteiger partial charge in [-0.3, -0.25) is 0 Å². The minimum absolute atomic E-state index is 0.0451. The molecule has 0 spiro atoms. The van der Waals surface area contributed by atoms with Gasteiger partial charge in [0, 0.05) is 19.5 Å². The quantitative estimate of drug-likeness (QED) is 0.755. The lowest BCUT2D eigenvalue weighted by Crippen LogP contribution is -2.33. The molecule has 1 fully saturated rings. The Balaban J connectivity index is 1.72. The van der Waals surface area contributed by atoms with E-state index in [0.717, 1.165) is 31.8 Å². The number of hydrogen-bond donors (Lipinski definition) is 1. The third-order valence-electron chi connectivity index (χ3n) is 3.19. The fraction of sp³-hybridized carbons (Fsp3) is 0.846. The van der Waals surface area contributed by atoms with Crippen molar-refractivity contribution in [2.75, 3.05) is 19.7 Å². The van der Waals surface area contributed by atoms with Crippen molar-refractivity contribution in [3.8, 4) is 0 Å². The number of aryl methyl sites for hydroxylation is 1. The molecule has 0 saturated carbocycles. The van der Waals surface area contributed by atoms with Crippen molar-refractivity contribution >= 4 is 0 Å². The van der Waals surface area contributed by atoms with E-state index in [-0.39, 0.29) is 6.10 Å². The lowest BCUT2D eigenvalue weighted by molar-refractivity contribution is 0.0208. The number of rotatable bonds is 7. The van der Waals surface area contributed by atoms with Gasteiger partial charge in [-0.05, 0) is 6.42 Å². The number of nitrogens with one attached hydrogen (secondary N) is 1. The molecule has 0 aliphatic carbocycles. The van der Waals surface area contributed by atoms with Crippen LogP contribution >= 0.6 is 0 Å². The van der Waals surface area contributed by atoms with Gasteiger partial charge in [0.05, 0.1) is 6.61 Å². The SMILES string of the molecule is CCCCCCCc1nc(C2CNCCO2)no1. The van der Waals surface area contributed by atoms with Crippen LogP contribution in [-0.4, -0.2) is 29.8 Å². The zero-order valence-electron chi connectivity index (χ0n) is 11.2. The first-order chi connectivity index (χ1) is 8.90. The van der Waals surface area contributed by atoms with Gasteiger partial charge in [0.15, 0.2) is 0 Å². The van der Waals surface area contributed by atoms with Gasteiger partial charge in [0.25, 0.3) is 0 Å². The summed E-state index contributed by atoms with van der Waals surface area (Å²) < 4.78 is 10.8. The van der Waals surface area contributed by atoms with E-state index in [1.807, 2.05) is 0 Å². The van der Waals surface area contributed by atoms with Crippen LogP contribution in [0.25, 0.3) is 0 Å². The lowest BCUT2D eigenvalue weighted by Gasteiger charge is -2.20. The molecule has 1 aliphatic rings. The minimum Gasteiger partial charge on any atom is -0.367 e. The molecule has 0 radical (unpaired) electrons. The third kappa shape index (κ3) is 4.07. The predicted octanol–water partition coefficient (Wildman–Crippen LogP) is 2.24. The molecule has 1 atom stereocenters. The highest BCUT2D eigenvalue weighted by Gasteiger charge is 2.21. The van der Waals surface area contributed by atoms with Gasteiger partial charge in [-0.2, -0.15) is 4.98 Å². The monoisotopic (exact) mass is 253 g/mol. The maximum absolute atomic E-state index is 5.59. The molecule has 1 saturated heterocycles. The first-order valence-electron chi connectivity index (χ1n) is 7.05. The molecule has 2 rings (SSSR count). The molecular weight excluding hydrogens is 230 g/mol. The van der Waals surface area contributed by atoms with E-state index in [4.69, 9.17) is 9.26 Å². The van der Waals surface area contributed by atoms with Crippen molar-refractivity contribution in [2.45, 2.75) is 51.6 Å². The highest BCUT2D eigenvalue weighted by molar-refractivity contribution is 4.93. The van der Waals surface area contributed by atoms with Crippen molar-refractivity contribution in [3.05, 3.63) is 11.7 Å². The smallest absolute Gasteiger partial charge is 0.226 e. The van der Waals surface area contributed by atoms with Crippen LogP contribution in [0.5, 0.6) is 0 Å². The first-order valence-corrected chi connectivity index (χ1v) is 7.05. The summed E-state index contributed by atoms with van der Waals surface area (Å²) in [6.07, 6.45) is 7.10. The average Bonchev–Trinajstić information content (AvgIpc) is 2.88.